The number of amides is 1. The molecule has 1 aromatic rings. The molecular formula is C23H31F2N3O2. The van der Waals surface area contributed by atoms with E-state index in [1.165, 1.54) is 29.7 Å². The number of benzene rings is 1. The van der Waals surface area contributed by atoms with Crippen molar-refractivity contribution < 1.29 is 18.3 Å². The fraction of sp³-hybridized carbons (Fsp3) is 0.652. The van der Waals surface area contributed by atoms with Crippen LogP contribution in [0.1, 0.15) is 68.1 Å². The third-order valence-electron chi connectivity index (χ3n) is 6.80. The molecule has 2 N–H and O–H groups in total. The first-order valence-electron chi connectivity index (χ1n) is 11.1. The largest absolute Gasteiger partial charge is 0.369 e. The monoisotopic (exact) mass is 419 g/mol. The zero-order chi connectivity index (χ0) is 21.3. The van der Waals surface area contributed by atoms with Gasteiger partial charge in [0.25, 0.3) is 5.91 Å². The lowest BCUT2D eigenvalue weighted by Gasteiger charge is -2.30. The van der Waals surface area contributed by atoms with Gasteiger partial charge in [0.2, 0.25) is 0 Å². The number of hydrogen-bond acceptors (Lipinski definition) is 4. The summed E-state index contributed by atoms with van der Waals surface area (Å²) < 4.78 is 30.4. The Morgan fingerprint density at radius 3 is 2.70 bits per heavy atom. The van der Waals surface area contributed by atoms with E-state index in [4.69, 9.17) is 10.5 Å². The van der Waals surface area contributed by atoms with Gasteiger partial charge in [-0.15, -0.1) is 0 Å². The topological polar surface area (TPSA) is 67.9 Å². The van der Waals surface area contributed by atoms with E-state index in [-0.39, 0.29) is 11.9 Å². The van der Waals surface area contributed by atoms with E-state index in [0.717, 1.165) is 29.9 Å². The van der Waals surface area contributed by atoms with E-state index in [2.05, 4.69) is 23.2 Å². The number of halogens is 2. The number of likely N-dealkylation sites (N-methyl/N-ethyl adjacent to an activating group) is 1. The molecule has 30 heavy (non-hydrogen) atoms. The lowest BCUT2D eigenvalue weighted by atomic mass is 9.78. The second-order valence-corrected chi connectivity index (χ2v) is 8.97. The molecule has 0 radical (unpaired) electrons. The molecule has 2 atom stereocenters. The van der Waals surface area contributed by atoms with E-state index in [1.807, 2.05) is 0 Å². The van der Waals surface area contributed by atoms with Crippen LogP contribution in [0.4, 0.5) is 8.78 Å². The maximum atomic E-state index is 13.3. The van der Waals surface area contributed by atoms with Crippen molar-refractivity contribution in [2.24, 2.45) is 16.6 Å². The quantitative estimate of drug-likeness (QED) is 0.780. The van der Waals surface area contributed by atoms with Gasteiger partial charge in [-0.05, 0) is 74.0 Å². The lowest BCUT2D eigenvalue weighted by Crippen LogP contribution is -2.41. The molecule has 0 bridgehead atoms. The van der Waals surface area contributed by atoms with Crippen molar-refractivity contribution in [3.63, 3.8) is 0 Å². The Bertz CT molecular complexity index is 825. The van der Waals surface area contributed by atoms with E-state index in [1.54, 1.807) is 7.05 Å². The number of ether oxygens (including phenoxy) is 1. The van der Waals surface area contributed by atoms with E-state index in [0.29, 0.717) is 32.1 Å². The average molecular weight is 420 g/mol. The Labute approximate surface area is 176 Å². The molecule has 3 aliphatic rings. The molecule has 1 fully saturated rings. The van der Waals surface area contributed by atoms with Gasteiger partial charge in [-0.1, -0.05) is 31.0 Å². The number of nitrogens with zero attached hydrogens (tertiary/aromatic N) is 2. The van der Waals surface area contributed by atoms with Crippen LogP contribution in [-0.4, -0.2) is 36.5 Å². The Kier molecular flexibility index (Phi) is 6.09. The minimum absolute atomic E-state index is 0.132. The van der Waals surface area contributed by atoms with Gasteiger partial charge in [-0.25, -0.2) is 4.99 Å². The van der Waals surface area contributed by atoms with Crippen molar-refractivity contribution in [2.45, 2.75) is 82.5 Å². The first-order valence-corrected chi connectivity index (χ1v) is 11.1. The van der Waals surface area contributed by atoms with Gasteiger partial charge in [0.05, 0.1) is 6.10 Å². The number of carbonyl (C=O) groups is 1. The molecule has 4 rings (SSSR count). The summed E-state index contributed by atoms with van der Waals surface area (Å²) in [6.07, 6.45) is 7.83. The molecule has 2 aliphatic carbocycles. The van der Waals surface area contributed by atoms with Gasteiger partial charge in [0.15, 0.2) is 11.5 Å². The fourth-order valence-electron chi connectivity index (χ4n) is 4.86. The van der Waals surface area contributed by atoms with Crippen molar-refractivity contribution >= 4 is 11.9 Å². The normalized spacial score (nSPS) is 27.5. The molecule has 0 saturated heterocycles. The molecule has 1 spiro atoms. The number of alkyl halides is 2. The summed E-state index contributed by atoms with van der Waals surface area (Å²) in [6, 6.07) is 6.39. The fourth-order valence-corrected chi connectivity index (χ4v) is 4.86. The number of aliphatic imine (C=N–C) groups is 1. The van der Waals surface area contributed by atoms with Crippen LogP contribution >= 0.6 is 0 Å². The number of hydrogen-bond donors (Lipinski definition) is 1. The molecule has 5 nitrogen and oxygen atoms in total. The molecule has 1 aromatic carbocycles. The SMILES string of the molecule is CN1C(=O)C2(CCC[C@@H](OC(F)F)CCCc3ccc(CCC4CC4)cc32)N=C1N. The number of fused-ring (bicyclic) bond motifs is 2. The zero-order valence-electron chi connectivity index (χ0n) is 17.6. The summed E-state index contributed by atoms with van der Waals surface area (Å²) >= 11 is 0. The van der Waals surface area contributed by atoms with Gasteiger partial charge >= 0.3 is 6.61 Å². The predicted octanol–water partition coefficient (Wildman–Crippen LogP) is 4.13. The standard InChI is InChI=1S/C23H31F2N3O2/c1-28-20(29)23(27-22(28)26)13-3-6-18(30-21(24)25)5-2-4-17-12-11-16(14-19(17)23)10-9-15-7-8-15/h11-12,14-15,18,21H,2-10,13H2,1H3,(H2,26,27)/t18-,23?/m0/s1. The third-order valence-corrected chi connectivity index (χ3v) is 6.80. The average Bonchev–Trinajstić information content (AvgIpc) is 3.51. The van der Waals surface area contributed by atoms with E-state index in [9.17, 15) is 13.6 Å². The van der Waals surface area contributed by atoms with Gasteiger partial charge in [-0.2, -0.15) is 8.78 Å². The number of nitrogens with two attached hydrogens (primary N) is 1. The van der Waals surface area contributed by atoms with Crippen molar-refractivity contribution in [1.29, 1.82) is 0 Å². The molecule has 164 valence electrons. The number of guanidine groups is 1. The van der Waals surface area contributed by atoms with Crippen LogP contribution in [-0.2, 0) is 27.9 Å². The van der Waals surface area contributed by atoms with Crippen LogP contribution in [0, 0.1) is 5.92 Å². The van der Waals surface area contributed by atoms with Gasteiger partial charge in [0.1, 0.15) is 0 Å². The Hall–Kier alpha value is -2.02. The first-order chi connectivity index (χ1) is 14.4. The highest BCUT2D eigenvalue weighted by atomic mass is 19.3. The van der Waals surface area contributed by atoms with Crippen LogP contribution in [0.3, 0.4) is 0 Å². The highest BCUT2D eigenvalue weighted by Crippen LogP contribution is 2.42. The van der Waals surface area contributed by atoms with Gasteiger partial charge in [-0.3, -0.25) is 9.69 Å². The summed E-state index contributed by atoms with van der Waals surface area (Å²) in [7, 11) is 1.65. The maximum Gasteiger partial charge on any atom is 0.345 e. The summed E-state index contributed by atoms with van der Waals surface area (Å²) in [5.74, 6) is 0.923. The maximum absolute atomic E-state index is 13.3. The molecule has 1 amide bonds. The molecule has 1 heterocycles. The zero-order valence-corrected chi connectivity index (χ0v) is 17.6. The Morgan fingerprint density at radius 1 is 1.27 bits per heavy atom. The smallest absolute Gasteiger partial charge is 0.345 e. The Balaban J connectivity index is 1.68. The number of carbonyl (C=O) groups excluding carboxylic acids is 1. The van der Waals surface area contributed by atoms with Crippen molar-refractivity contribution in [1.82, 2.24) is 4.90 Å². The van der Waals surface area contributed by atoms with Crippen LogP contribution in [0.25, 0.3) is 0 Å². The van der Waals surface area contributed by atoms with Gasteiger partial charge in [0, 0.05) is 7.05 Å². The molecule has 0 aromatic heterocycles. The van der Waals surface area contributed by atoms with Crippen LogP contribution < -0.4 is 5.73 Å². The van der Waals surface area contributed by atoms with Crippen LogP contribution in [0.15, 0.2) is 23.2 Å². The Morgan fingerprint density at radius 2 is 2.03 bits per heavy atom. The first kappa shape index (κ1) is 21.2. The lowest BCUT2D eigenvalue weighted by molar-refractivity contribution is -0.166. The second kappa shape index (κ2) is 8.61. The van der Waals surface area contributed by atoms with E-state index < -0.39 is 18.3 Å². The number of rotatable bonds is 5. The van der Waals surface area contributed by atoms with Crippen LogP contribution in [0.2, 0.25) is 0 Å². The third kappa shape index (κ3) is 4.36. The van der Waals surface area contributed by atoms with Gasteiger partial charge < -0.3 is 10.5 Å². The summed E-state index contributed by atoms with van der Waals surface area (Å²) in [4.78, 5) is 19.4. The molecular weight excluding hydrogens is 388 g/mol. The predicted molar refractivity (Wildman–Crippen MR) is 111 cm³/mol. The molecule has 1 aliphatic heterocycles. The molecule has 1 saturated carbocycles. The molecule has 1 unspecified atom stereocenters. The second-order valence-electron chi connectivity index (χ2n) is 8.97. The summed E-state index contributed by atoms with van der Waals surface area (Å²) in [5, 5.41) is 0. The molecule has 7 heteroatoms. The highest BCUT2D eigenvalue weighted by Gasteiger charge is 2.48. The minimum atomic E-state index is -2.78. The number of aryl methyl sites for hydroxylation is 2. The summed E-state index contributed by atoms with van der Waals surface area (Å²) in [5.41, 5.74) is 8.23. The van der Waals surface area contributed by atoms with Crippen LogP contribution in [0.5, 0.6) is 0 Å². The minimum Gasteiger partial charge on any atom is -0.369 e. The highest BCUT2D eigenvalue weighted by molar-refractivity contribution is 6.07. The van der Waals surface area contributed by atoms with Crippen molar-refractivity contribution in [3.8, 4) is 0 Å². The van der Waals surface area contributed by atoms with Crippen molar-refractivity contribution in [3.05, 3.63) is 34.9 Å². The van der Waals surface area contributed by atoms with E-state index >= 15 is 0 Å². The summed E-state index contributed by atoms with van der Waals surface area (Å²) in [6.45, 7) is -2.78. The van der Waals surface area contributed by atoms with Crippen molar-refractivity contribution in [2.75, 3.05) is 7.05 Å².